The molecule has 0 saturated heterocycles. The Kier molecular flexibility index (Phi) is 6.56. The largest absolute Gasteiger partial charge is 0.132 e. The lowest BCUT2D eigenvalue weighted by Crippen LogP contribution is -1.84. The number of rotatable bonds is 0. The molecule has 0 fully saturated rings. The average molecular weight is 577 g/mol. The van der Waals surface area contributed by atoms with Crippen molar-refractivity contribution in [2.75, 3.05) is 0 Å². The summed E-state index contributed by atoms with van der Waals surface area (Å²) in [4.78, 5) is 2.36. The first kappa shape index (κ1) is 26.2. The lowest BCUT2D eigenvalue weighted by molar-refractivity contribution is 1.37. The molecule has 0 unspecified atom stereocenters. The summed E-state index contributed by atoms with van der Waals surface area (Å²) >= 11 is 1.74. The Labute approximate surface area is 258 Å². The maximum atomic E-state index is 3.52. The van der Waals surface area contributed by atoms with Crippen molar-refractivity contribution in [1.29, 1.82) is 0 Å². The van der Waals surface area contributed by atoms with E-state index < -0.39 is 0 Å². The van der Waals surface area contributed by atoms with E-state index in [9.17, 15) is 0 Å². The molecule has 0 spiro atoms. The van der Waals surface area contributed by atoms with Gasteiger partial charge in [-0.05, 0) is 87.7 Å². The second-order valence-corrected chi connectivity index (χ2v) is 12.6. The van der Waals surface area contributed by atoms with E-state index in [1.165, 1.54) is 51.8 Å². The van der Waals surface area contributed by atoms with Crippen LogP contribution in [0.2, 0.25) is 0 Å². The highest BCUT2D eigenvalue weighted by Gasteiger charge is 1.97. The highest BCUT2D eigenvalue weighted by Crippen LogP contribution is 2.15. The van der Waals surface area contributed by atoms with Crippen molar-refractivity contribution in [2.24, 2.45) is 0 Å². The summed E-state index contributed by atoms with van der Waals surface area (Å²) in [6.07, 6.45) is 0. The molecule has 0 N–H and O–H groups in total. The molecule has 0 radical (unpaired) electrons. The molecule has 16 aliphatic rings. The first-order chi connectivity index (χ1) is 21.7. The fourth-order valence-electron chi connectivity index (χ4n) is 5.97. The van der Waals surface area contributed by atoms with Crippen LogP contribution in [0.25, 0.3) is 0 Å². The van der Waals surface area contributed by atoms with Gasteiger partial charge in [0.25, 0.3) is 0 Å². The van der Waals surface area contributed by atoms with E-state index >= 15 is 0 Å². The SMILES string of the molecule is Cc1ccc(C#Cc2cc3ccc2=c2ccc(cc2)=c2ccc(cc2)=c2ccc(cc2)=c2ccc(cc2)=c2ccc=3cc2)s1. The predicted octanol–water partition coefficient (Wildman–Crippen LogP) is 9.49. The van der Waals surface area contributed by atoms with E-state index in [1.807, 2.05) is 0 Å². The van der Waals surface area contributed by atoms with Gasteiger partial charge in [-0.25, -0.2) is 0 Å². The molecule has 7 aromatic rings. The minimum absolute atomic E-state index is 1.03. The number of benzene rings is 6. The molecule has 0 atom stereocenters. The highest BCUT2D eigenvalue weighted by molar-refractivity contribution is 7.12. The summed E-state index contributed by atoms with van der Waals surface area (Å²) in [6, 6.07) is 55.3. The number of aryl methyl sites for hydroxylation is 1. The van der Waals surface area contributed by atoms with E-state index in [1.54, 1.807) is 11.3 Å². The van der Waals surface area contributed by atoms with Crippen LogP contribution in [0.15, 0.2) is 152 Å². The van der Waals surface area contributed by atoms with Crippen LogP contribution in [0, 0.1) is 81.4 Å². The number of hydrogen-bond donors (Lipinski definition) is 0. The molecule has 1 heteroatoms. The maximum absolute atomic E-state index is 3.52. The first-order valence-electron chi connectivity index (χ1n) is 14.9. The minimum Gasteiger partial charge on any atom is -0.132 e. The summed E-state index contributed by atoms with van der Waals surface area (Å²) in [7, 11) is 0. The molecule has 16 aliphatic carbocycles. The van der Waals surface area contributed by atoms with Gasteiger partial charge >= 0.3 is 0 Å². The fraction of sp³-hybridized carbons (Fsp3) is 0.0233. The van der Waals surface area contributed by atoms with E-state index in [0.717, 1.165) is 26.1 Å². The second-order valence-electron chi connectivity index (χ2n) is 11.3. The molecule has 1 heterocycles. The third-order valence-electron chi connectivity index (χ3n) is 8.48. The Morgan fingerprint density at radius 1 is 0.341 bits per heavy atom. The van der Waals surface area contributed by atoms with Crippen molar-refractivity contribution >= 4 is 11.3 Å². The fourth-order valence-corrected chi connectivity index (χ4v) is 6.69. The number of hydrogen-bond acceptors (Lipinski definition) is 1. The topological polar surface area (TPSA) is 0 Å². The van der Waals surface area contributed by atoms with Crippen molar-refractivity contribution in [3.8, 4) is 11.8 Å². The molecule has 12 bridgehead atoms. The molecule has 6 aromatic carbocycles. The molecule has 0 saturated carbocycles. The third-order valence-corrected chi connectivity index (χ3v) is 9.40. The average Bonchev–Trinajstić information content (AvgIpc) is 3.52. The van der Waals surface area contributed by atoms with Crippen LogP contribution in [0.3, 0.4) is 0 Å². The molecular formula is C43H28S. The zero-order valence-corrected chi connectivity index (χ0v) is 25.2. The van der Waals surface area contributed by atoms with Crippen LogP contribution < -0.4 is 0 Å². The summed E-state index contributed by atoms with van der Waals surface area (Å²) in [5.74, 6) is 6.95. The van der Waals surface area contributed by atoms with Crippen LogP contribution >= 0.6 is 11.3 Å². The zero-order valence-electron chi connectivity index (χ0n) is 24.3. The van der Waals surface area contributed by atoms with Gasteiger partial charge in [0.05, 0.1) is 4.88 Å². The number of thiophene rings is 1. The van der Waals surface area contributed by atoms with Gasteiger partial charge in [-0.1, -0.05) is 145 Å². The second kappa shape index (κ2) is 11.0. The van der Waals surface area contributed by atoms with Crippen LogP contribution in [0.4, 0.5) is 0 Å². The van der Waals surface area contributed by atoms with Crippen molar-refractivity contribution in [1.82, 2.24) is 0 Å². The Hall–Kier alpha value is -5.42. The van der Waals surface area contributed by atoms with E-state index in [-0.39, 0.29) is 0 Å². The monoisotopic (exact) mass is 576 g/mol. The highest BCUT2D eigenvalue weighted by atomic mass is 32.1. The summed E-state index contributed by atoms with van der Waals surface area (Å²) in [5.41, 5.74) is 1.03. The van der Waals surface area contributed by atoms with Gasteiger partial charge in [0.2, 0.25) is 0 Å². The van der Waals surface area contributed by atoms with Gasteiger partial charge in [0.1, 0.15) is 0 Å². The van der Waals surface area contributed by atoms with Gasteiger partial charge < -0.3 is 0 Å². The first-order valence-corrected chi connectivity index (χ1v) is 15.7. The molecule has 0 nitrogen and oxygen atoms in total. The summed E-state index contributed by atoms with van der Waals surface area (Å²) < 4.78 is 0. The maximum Gasteiger partial charge on any atom is 0.0775 e. The van der Waals surface area contributed by atoms with E-state index in [0.29, 0.717) is 0 Å². The molecule has 23 rings (SSSR count). The van der Waals surface area contributed by atoms with Gasteiger partial charge in [0.15, 0.2) is 0 Å². The third kappa shape index (κ3) is 5.07. The minimum atomic E-state index is 1.03. The van der Waals surface area contributed by atoms with Crippen molar-refractivity contribution in [3.63, 3.8) is 0 Å². The van der Waals surface area contributed by atoms with Crippen LogP contribution in [0.5, 0.6) is 0 Å². The quantitative estimate of drug-likeness (QED) is 0.158. The lowest BCUT2D eigenvalue weighted by atomic mass is 10.1. The standard InChI is InChI=1S/C43H28S/c1-29-2-25-42(44-29)26-23-41-28-40-24-27-43(41)39-21-19-37(20-22-39)35-13-11-33(12-14-35)31-5-3-30(4-6-31)32-7-9-34(10-8-32)36-15-17-38(40)18-16-36/h2-22,24-25,27-28H,1H3. The lowest BCUT2D eigenvalue weighted by Gasteiger charge is -1.98. The summed E-state index contributed by atoms with van der Waals surface area (Å²) in [6.45, 7) is 2.12. The molecular weight excluding hydrogens is 549 g/mol. The zero-order chi connectivity index (χ0) is 29.5. The van der Waals surface area contributed by atoms with Crippen LogP contribution in [-0.2, 0) is 0 Å². The van der Waals surface area contributed by atoms with E-state index in [4.69, 9.17) is 0 Å². The van der Waals surface area contributed by atoms with Crippen LogP contribution in [-0.4, -0.2) is 0 Å². The van der Waals surface area contributed by atoms with Crippen molar-refractivity contribution in [3.05, 3.63) is 230 Å². The Bertz CT molecular complexity index is 2790. The van der Waals surface area contributed by atoms with Crippen molar-refractivity contribution in [2.45, 2.75) is 6.92 Å². The molecule has 44 heavy (non-hydrogen) atoms. The Morgan fingerprint density at radius 2 is 0.682 bits per heavy atom. The molecule has 1 aromatic heterocycles. The summed E-state index contributed by atoms with van der Waals surface area (Å²) in [5, 5.41) is 14.4. The Morgan fingerprint density at radius 3 is 1.05 bits per heavy atom. The normalized spacial score (nSPS) is 11.1. The Balaban J connectivity index is 1.48. The van der Waals surface area contributed by atoms with Gasteiger partial charge in [-0.2, -0.15) is 0 Å². The van der Waals surface area contributed by atoms with Gasteiger partial charge in [0, 0.05) is 10.4 Å². The van der Waals surface area contributed by atoms with Crippen molar-refractivity contribution < 1.29 is 0 Å². The van der Waals surface area contributed by atoms with Gasteiger partial charge in [-0.15, -0.1) is 11.3 Å². The molecule has 206 valence electrons. The van der Waals surface area contributed by atoms with Crippen LogP contribution in [0.1, 0.15) is 15.3 Å². The van der Waals surface area contributed by atoms with E-state index in [2.05, 4.69) is 170 Å². The smallest absolute Gasteiger partial charge is 0.0775 e. The predicted molar refractivity (Wildman–Crippen MR) is 180 cm³/mol. The molecule has 0 amide bonds. The molecule has 0 aliphatic heterocycles. The van der Waals surface area contributed by atoms with Gasteiger partial charge in [-0.3, -0.25) is 0 Å².